The zero-order valence-corrected chi connectivity index (χ0v) is 8.45. The van der Waals surface area contributed by atoms with Crippen LogP contribution in [0.25, 0.3) is 22.4 Å². The van der Waals surface area contributed by atoms with E-state index in [9.17, 15) is 4.79 Å². The molecule has 3 rings (SSSR count). The summed E-state index contributed by atoms with van der Waals surface area (Å²) in [6, 6.07) is 6.60. The van der Waals surface area contributed by atoms with Crippen molar-refractivity contribution < 1.29 is 18.8 Å². The number of carbonyl (C=O) groups is 1. The lowest BCUT2D eigenvalue weighted by atomic mass is 10.1. The molecule has 0 saturated carbocycles. The summed E-state index contributed by atoms with van der Waals surface area (Å²) in [5.74, 6) is -0.749. The third-order valence-electron chi connectivity index (χ3n) is 2.35. The summed E-state index contributed by atoms with van der Waals surface area (Å²) >= 11 is 0. The minimum atomic E-state index is -1.12. The fraction of sp³-hybridized carbons (Fsp3) is 0. The summed E-state index contributed by atoms with van der Waals surface area (Å²) < 4.78 is 10.1. The molecule has 84 valence electrons. The summed E-state index contributed by atoms with van der Waals surface area (Å²) in [5, 5.41) is 12.2. The standard InChI is InChI=1S/C11H6N2O4/c14-11(15)8-4-9(17-13-8)6-1-2-7-10(3-6)16-5-12-7/h1-5H,(H,14,15). The molecular weight excluding hydrogens is 224 g/mol. The van der Waals surface area contributed by atoms with Crippen LogP contribution in [0.1, 0.15) is 10.5 Å². The van der Waals surface area contributed by atoms with E-state index < -0.39 is 5.97 Å². The number of oxazole rings is 1. The summed E-state index contributed by atoms with van der Waals surface area (Å²) in [4.78, 5) is 14.6. The fourth-order valence-electron chi connectivity index (χ4n) is 1.52. The second-order valence-corrected chi connectivity index (χ2v) is 3.42. The minimum Gasteiger partial charge on any atom is -0.476 e. The second-order valence-electron chi connectivity index (χ2n) is 3.42. The van der Waals surface area contributed by atoms with Crippen molar-refractivity contribution in [2.75, 3.05) is 0 Å². The van der Waals surface area contributed by atoms with Gasteiger partial charge in [0.1, 0.15) is 5.52 Å². The molecule has 0 saturated heterocycles. The number of hydrogen-bond donors (Lipinski definition) is 1. The molecule has 2 heterocycles. The Morgan fingerprint density at radius 1 is 1.29 bits per heavy atom. The van der Waals surface area contributed by atoms with Crippen LogP contribution in [-0.4, -0.2) is 21.2 Å². The molecule has 1 N–H and O–H groups in total. The Hall–Kier alpha value is -2.63. The molecule has 0 spiro atoms. The maximum absolute atomic E-state index is 10.7. The van der Waals surface area contributed by atoms with Crippen molar-refractivity contribution in [1.82, 2.24) is 10.1 Å². The summed E-state index contributed by atoms with van der Waals surface area (Å²) in [6.07, 6.45) is 1.34. The molecule has 0 amide bonds. The van der Waals surface area contributed by atoms with Crippen molar-refractivity contribution in [3.05, 3.63) is 36.4 Å². The van der Waals surface area contributed by atoms with E-state index in [0.29, 0.717) is 16.9 Å². The molecule has 0 fully saturated rings. The van der Waals surface area contributed by atoms with Crippen molar-refractivity contribution in [2.24, 2.45) is 0 Å². The summed E-state index contributed by atoms with van der Waals surface area (Å²) in [6.45, 7) is 0. The summed E-state index contributed by atoms with van der Waals surface area (Å²) in [5.41, 5.74) is 1.90. The van der Waals surface area contributed by atoms with Gasteiger partial charge in [-0.05, 0) is 18.2 Å². The number of benzene rings is 1. The van der Waals surface area contributed by atoms with Crippen LogP contribution in [0.15, 0.2) is 39.6 Å². The van der Waals surface area contributed by atoms with Crippen molar-refractivity contribution in [1.29, 1.82) is 0 Å². The normalized spacial score (nSPS) is 10.8. The van der Waals surface area contributed by atoms with Crippen molar-refractivity contribution in [3.8, 4) is 11.3 Å². The molecule has 3 aromatic rings. The van der Waals surface area contributed by atoms with Crippen LogP contribution in [0.2, 0.25) is 0 Å². The van der Waals surface area contributed by atoms with Crippen molar-refractivity contribution >= 4 is 17.1 Å². The molecule has 17 heavy (non-hydrogen) atoms. The first kappa shape index (κ1) is 9.59. The van der Waals surface area contributed by atoms with Crippen molar-refractivity contribution in [2.45, 2.75) is 0 Å². The number of carboxylic acids is 1. The van der Waals surface area contributed by atoms with Gasteiger partial charge in [-0.3, -0.25) is 0 Å². The highest BCUT2D eigenvalue weighted by Gasteiger charge is 2.12. The minimum absolute atomic E-state index is 0.127. The number of nitrogens with zero attached hydrogens (tertiary/aromatic N) is 2. The molecule has 0 unspecified atom stereocenters. The highest BCUT2D eigenvalue weighted by molar-refractivity contribution is 5.87. The number of carboxylic acid groups (broad SMARTS) is 1. The van der Waals surface area contributed by atoms with Crippen molar-refractivity contribution in [3.63, 3.8) is 0 Å². The van der Waals surface area contributed by atoms with E-state index in [2.05, 4.69) is 10.1 Å². The van der Waals surface area contributed by atoms with Gasteiger partial charge >= 0.3 is 5.97 Å². The number of hydrogen-bond acceptors (Lipinski definition) is 5. The predicted molar refractivity (Wildman–Crippen MR) is 56.5 cm³/mol. The van der Waals surface area contributed by atoms with Gasteiger partial charge < -0.3 is 14.0 Å². The highest BCUT2D eigenvalue weighted by Crippen LogP contribution is 2.24. The molecule has 0 bridgehead atoms. The number of aromatic carboxylic acids is 1. The lowest BCUT2D eigenvalue weighted by Gasteiger charge is -1.93. The van der Waals surface area contributed by atoms with Crippen LogP contribution in [0.3, 0.4) is 0 Å². The average molecular weight is 230 g/mol. The molecule has 0 radical (unpaired) electrons. The van der Waals surface area contributed by atoms with E-state index in [1.807, 2.05) is 0 Å². The molecular formula is C11H6N2O4. The smallest absolute Gasteiger partial charge is 0.358 e. The van der Waals surface area contributed by atoms with Gasteiger partial charge in [0.25, 0.3) is 0 Å². The molecule has 0 atom stereocenters. The Morgan fingerprint density at radius 3 is 2.94 bits per heavy atom. The topological polar surface area (TPSA) is 89.4 Å². The Balaban J connectivity index is 2.09. The van der Waals surface area contributed by atoms with Crippen LogP contribution in [0, 0.1) is 0 Å². The first-order valence-corrected chi connectivity index (χ1v) is 4.78. The quantitative estimate of drug-likeness (QED) is 0.725. The van der Waals surface area contributed by atoms with E-state index in [4.69, 9.17) is 14.0 Å². The first-order valence-electron chi connectivity index (χ1n) is 4.78. The highest BCUT2D eigenvalue weighted by atomic mass is 16.5. The SMILES string of the molecule is O=C(O)c1cc(-c2ccc3ncoc3c2)on1. The van der Waals surface area contributed by atoms with Crippen LogP contribution < -0.4 is 0 Å². The van der Waals surface area contributed by atoms with E-state index in [-0.39, 0.29) is 5.69 Å². The van der Waals surface area contributed by atoms with Gasteiger partial charge in [-0.2, -0.15) is 0 Å². The third-order valence-corrected chi connectivity index (χ3v) is 2.35. The lowest BCUT2D eigenvalue weighted by Crippen LogP contribution is -1.94. The molecule has 2 aromatic heterocycles. The second kappa shape index (κ2) is 3.44. The van der Waals surface area contributed by atoms with Crippen LogP contribution >= 0.6 is 0 Å². The maximum Gasteiger partial charge on any atom is 0.358 e. The molecule has 6 nitrogen and oxygen atoms in total. The van der Waals surface area contributed by atoms with Gasteiger partial charge in [0, 0.05) is 11.6 Å². The third kappa shape index (κ3) is 1.55. The monoisotopic (exact) mass is 230 g/mol. The molecule has 0 aliphatic rings. The number of rotatable bonds is 2. The predicted octanol–water partition coefficient (Wildman–Crippen LogP) is 2.18. The number of aromatic nitrogens is 2. The molecule has 6 heteroatoms. The molecule has 1 aromatic carbocycles. The molecule has 0 aliphatic carbocycles. The van der Waals surface area contributed by atoms with E-state index >= 15 is 0 Å². The Kier molecular flexibility index (Phi) is 1.94. The van der Waals surface area contributed by atoms with E-state index in [1.165, 1.54) is 12.5 Å². The lowest BCUT2D eigenvalue weighted by molar-refractivity contribution is 0.0686. The Bertz CT molecular complexity index is 698. The summed E-state index contributed by atoms with van der Waals surface area (Å²) in [7, 11) is 0. The maximum atomic E-state index is 10.7. The van der Waals surface area contributed by atoms with Crippen LogP contribution in [0.4, 0.5) is 0 Å². The zero-order valence-electron chi connectivity index (χ0n) is 8.45. The fourth-order valence-corrected chi connectivity index (χ4v) is 1.52. The molecule has 0 aliphatic heterocycles. The van der Waals surface area contributed by atoms with Gasteiger partial charge in [-0.1, -0.05) is 5.16 Å². The Labute approximate surface area is 94.5 Å². The van der Waals surface area contributed by atoms with E-state index in [1.54, 1.807) is 18.2 Å². The zero-order chi connectivity index (χ0) is 11.8. The average Bonchev–Trinajstić information content (AvgIpc) is 2.97. The largest absolute Gasteiger partial charge is 0.476 e. The van der Waals surface area contributed by atoms with Gasteiger partial charge in [0.2, 0.25) is 0 Å². The van der Waals surface area contributed by atoms with E-state index in [0.717, 1.165) is 5.52 Å². The first-order chi connectivity index (χ1) is 8.24. The Morgan fingerprint density at radius 2 is 2.18 bits per heavy atom. The van der Waals surface area contributed by atoms with Crippen LogP contribution in [-0.2, 0) is 0 Å². The number of fused-ring (bicyclic) bond motifs is 1. The van der Waals surface area contributed by atoms with Gasteiger partial charge in [-0.15, -0.1) is 0 Å². The van der Waals surface area contributed by atoms with Gasteiger partial charge in [0.05, 0.1) is 0 Å². The van der Waals surface area contributed by atoms with Gasteiger partial charge in [-0.25, -0.2) is 9.78 Å². The van der Waals surface area contributed by atoms with Gasteiger partial charge in [0.15, 0.2) is 23.4 Å². The van der Waals surface area contributed by atoms with Crippen LogP contribution in [0.5, 0.6) is 0 Å².